The molecular formula is C16H10F3NO3. The molecule has 7 heteroatoms. The zero-order chi connectivity index (χ0) is 16.6. The number of hydrogen-bond donors (Lipinski definition) is 2. The summed E-state index contributed by atoms with van der Waals surface area (Å²) < 4.78 is 40.9. The van der Waals surface area contributed by atoms with Crippen LogP contribution in [0.15, 0.2) is 48.5 Å². The molecule has 0 unspecified atom stereocenters. The number of H-pyrrole nitrogens is 1. The van der Waals surface area contributed by atoms with Crippen molar-refractivity contribution in [1.29, 1.82) is 0 Å². The lowest BCUT2D eigenvalue weighted by molar-refractivity contribution is -0.274. The van der Waals surface area contributed by atoms with E-state index in [-0.39, 0.29) is 11.4 Å². The number of fused-ring (bicyclic) bond motifs is 1. The van der Waals surface area contributed by atoms with E-state index in [1.54, 1.807) is 24.3 Å². The summed E-state index contributed by atoms with van der Waals surface area (Å²) in [4.78, 5) is 13.8. The Kier molecular flexibility index (Phi) is 3.48. The Hall–Kier alpha value is -2.96. The molecule has 0 bridgehead atoms. The van der Waals surface area contributed by atoms with Gasteiger partial charge in [-0.05, 0) is 23.8 Å². The number of carboxylic acid groups (broad SMARTS) is 1. The average molecular weight is 321 g/mol. The normalized spacial score (nSPS) is 11.6. The van der Waals surface area contributed by atoms with Crippen LogP contribution in [0.5, 0.6) is 5.75 Å². The van der Waals surface area contributed by atoms with Crippen molar-refractivity contribution in [2.45, 2.75) is 6.36 Å². The van der Waals surface area contributed by atoms with Gasteiger partial charge in [0.2, 0.25) is 0 Å². The number of ether oxygens (including phenoxy) is 1. The van der Waals surface area contributed by atoms with Crippen LogP contribution in [-0.2, 0) is 0 Å². The van der Waals surface area contributed by atoms with Gasteiger partial charge >= 0.3 is 12.3 Å². The first kappa shape index (κ1) is 15.0. The molecule has 1 heterocycles. The molecule has 1 aromatic heterocycles. The number of aromatic nitrogens is 1. The van der Waals surface area contributed by atoms with E-state index in [4.69, 9.17) is 5.11 Å². The van der Waals surface area contributed by atoms with Gasteiger partial charge in [-0.2, -0.15) is 0 Å². The number of alkyl halides is 3. The van der Waals surface area contributed by atoms with Crippen LogP contribution in [0.1, 0.15) is 10.5 Å². The molecule has 0 spiro atoms. The molecule has 3 rings (SSSR count). The molecule has 0 aliphatic heterocycles. The third-order valence-electron chi connectivity index (χ3n) is 3.27. The largest absolute Gasteiger partial charge is 0.573 e. The number of carboxylic acids is 1. The molecule has 4 nitrogen and oxygen atoms in total. The zero-order valence-corrected chi connectivity index (χ0v) is 11.5. The smallest absolute Gasteiger partial charge is 0.477 e. The predicted octanol–water partition coefficient (Wildman–Crippen LogP) is 4.43. The lowest BCUT2D eigenvalue weighted by atomic mass is 10.0. The SMILES string of the molecule is O=C(O)c1cc2cccc(-c3cccc(OC(F)(F)F)c3)c2[nH]1. The summed E-state index contributed by atoms with van der Waals surface area (Å²) in [5.41, 5.74) is 1.61. The van der Waals surface area contributed by atoms with Crippen molar-refractivity contribution in [1.82, 2.24) is 4.98 Å². The second-order valence-corrected chi connectivity index (χ2v) is 4.83. The minimum atomic E-state index is -4.77. The van der Waals surface area contributed by atoms with E-state index in [0.29, 0.717) is 22.0 Å². The van der Waals surface area contributed by atoms with Crippen LogP contribution in [0.4, 0.5) is 13.2 Å². The number of aromatic carboxylic acids is 1. The van der Waals surface area contributed by atoms with E-state index < -0.39 is 12.3 Å². The molecule has 0 saturated heterocycles. The highest BCUT2D eigenvalue weighted by Gasteiger charge is 2.31. The molecule has 0 aliphatic carbocycles. The van der Waals surface area contributed by atoms with Gasteiger partial charge in [-0.1, -0.05) is 30.3 Å². The van der Waals surface area contributed by atoms with E-state index in [9.17, 15) is 18.0 Å². The fraction of sp³-hybridized carbons (Fsp3) is 0.0625. The van der Waals surface area contributed by atoms with Crippen molar-refractivity contribution in [2.75, 3.05) is 0 Å². The second-order valence-electron chi connectivity index (χ2n) is 4.83. The Morgan fingerprint density at radius 1 is 1.09 bits per heavy atom. The number of benzene rings is 2. The standard InChI is InChI=1S/C16H10F3NO3/c17-16(18,19)23-11-5-1-3-9(7-11)12-6-2-4-10-8-13(15(21)22)20-14(10)12/h1-8,20H,(H,21,22). The number of hydrogen-bond acceptors (Lipinski definition) is 2. The summed E-state index contributed by atoms with van der Waals surface area (Å²) in [6.07, 6.45) is -4.77. The van der Waals surface area contributed by atoms with Crippen LogP contribution in [-0.4, -0.2) is 22.4 Å². The van der Waals surface area contributed by atoms with Crippen LogP contribution >= 0.6 is 0 Å². The van der Waals surface area contributed by atoms with Gasteiger partial charge in [-0.3, -0.25) is 0 Å². The van der Waals surface area contributed by atoms with Crippen molar-refractivity contribution in [3.8, 4) is 16.9 Å². The topological polar surface area (TPSA) is 62.3 Å². The molecule has 3 aromatic rings. The van der Waals surface area contributed by atoms with E-state index in [0.717, 1.165) is 0 Å². The van der Waals surface area contributed by atoms with Gasteiger partial charge < -0.3 is 14.8 Å². The fourth-order valence-corrected chi connectivity index (χ4v) is 2.37. The number of nitrogens with one attached hydrogen (secondary N) is 1. The maximum absolute atomic E-state index is 12.3. The molecule has 118 valence electrons. The van der Waals surface area contributed by atoms with Crippen LogP contribution in [0.3, 0.4) is 0 Å². The first-order chi connectivity index (χ1) is 10.8. The lowest BCUT2D eigenvalue weighted by Crippen LogP contribution is -2.17. The van der Waals surface area contributed by atoms with E-state index in [2.05, 4.69) is 9.72 Å². The van der Waals surface area contributed by atoms with Crippen molar-refractivity contribution in [2.24, 2.45) is 0 Å². The summed E-state index contributed by atoms with van der Waals surface area (Å²) in [5, 5.41) is 9.70. The monoisotopic (exact) mass is 321 g/mol. The molecule has 2 N–H and O–H groups in total. The highest BCUT2D eigenvalue weighted by molar-refractivity contribution is 6.00. The number of carbonyl (C=O) groups is 1. The molecule has 23 heavy (non-hydrogen) atoms. The minimum absolute atomic E-state index is 0.00939. The summed E-state index contributed by atoms with van der Waals surface area (Å²) in [5.74, 6) is -1.45. The number of aromatic amines is 1. The number of rotatable bonds is 3. The summed E-state index contributed by atoms with van der Waals surface area (Å²) in [6, 6.07) is 12.1. The molecule has 0 radical (unpaired) electrons. The van der Waals surface area contributed by atoms with Gasteiger partial charge in [0.15, 0.2) is 0 Å². The third kappa shape index (κ3) is 3.13. The Morgan fingerprint density at radius 2 is 1.83 bits per heavy atom. The van der Waals surface area contributed by atoms with Gasteiger partial charge in [0, 0.05) is 10.9 Å². The van der Waals surface area contributed by atoms with Gasteiger partial charge in [-0.25, -0.2) is 4.79 Å². The Labute approximate surface area is 128 Å². The number of halogens is 3. The first-order valence-corrected chi connectivity index (χ1v) is 6.55. The molecule has 0 aliphatic rings. The average Bonchev–Trinajstić information content (AvgIpc) is 2.89. The molecular weight excluding hydrogens is 311 g/mol. The Bertz CT molecular complexity index is 884. The van der Waals surface area contributed by atoms with Crippen LogP contribution in [0, 0.1) is 0 Å². The molecule has 2 aromatic carbocycles. The second kappa shape index (κ2) is 5.35. The third-order valence-corrected chi connectivity index (χ3v) is 3.27. The molecule has 0 atom stereocenters. The van der Waals surface area contributed by atoms with Gasteiger partial charge in [0.05, 0.1) is 5.52 Å². The Morgan fingerprint density at radius 3 is 2.52 bits per heavy atom. The molecule has 0 fully saturated rings. The lowest BCUT2D eigenvalue weighted by Gasteiger charge is -2.10. The van der Waals surface area contributed by atoms with Crippen molar-refractivity contribution in [3.05, 3.63) is 54.2 Å². The predicted molar refractivity (Wildman–Crippen MR) is 77.4 cm³/mol. The highest BCUT2D eigenvalue weighted by Crippen LogP contribution is 2.32. The Balaban J connectivity index is 2.10. The maximum Gasteiger partial charge on any atom is 0.573 e. The number of para-hydroxylation sites is 1. The van der Waals surface area contributed by atoms with Crippen molar-refractivity contribution in [3.63, 3.8) is 0 Å². The summed E-state index contributed by atoms with van der Waals surface area (Å²) >= 11 is 0. The quantitative estimate of drug-likeness (QED) is 0.750. The highest BCUT2D eigenvalue weighted by atomic mass is 19.4. The van der Waals surface area contributed by atoms with Crippen molar-refractivity contribution >= 4 is 16.9 Å². The minimum Gasteiger partial charge on any atom is -0.477 e. The van der Waals surface area contributed by atoms with Gasteiger partial charge in [-0.15, -0.1) is 13.2 Å². The van der Waals surface area contributed by atoms with E-state index in [1.807, 2.05) is 0 Å². The van der Waals surface area contributed by atoms with E-state index >= 15 is 0 Å². The fourth-order valence-electron chi connectivity index (χ4n) is 2.37. The molecule has 0 amide bonds. The summed E-state index contributed by atoms with van der Waals surface area (Å²) in [6.45, 7) is 0. The van der Waals surface area contributed by atoms with E-state index in [1.165, 1.54) is 24.3 Å². The zero-order valence-electron chi connectivity index (χ0n) is 11.5. The van der Waals surface area contributed by atoms with Crippen LogP contribution in [0.2, 0.25) is 0 Å². The maximum atomic E-state index is 12.3. The summed E-state index contributed by atoms with van der Waals surface area (Å²) in [7, 11) is 0. The van der Waals surface area contributed by atoms with Gasteiger partial charge in [0.1, 0.15) is 11.4 Å². The first-order valence-electron chi connectivity index (χ1n) is 6.55. The van der Waals surface area contributed by atoms with Crippen LogP contribution in [0.25, 0.3) is 22.0 Å². The van der Waals surface area contributed by atoms with Crippen LogP contribution < -0.4 is 4.74 Å². The van der Waals surface area contributed by atoms with Gasteiger partial charge in [0.25, 0.3) is 0 Å². The van der Waals surface area contributed by atoms with Crippen molar-refractivity contribution < 1.29 is 27.8 Å². The molecule has 0 saturated carbocycles.